The summed E-state index contributed by atoms with van der Waals surface area (Å²) in [4.78, 5) is 23.0. The molecular weight excluding hydrogens is 302 g/mol. The molecule has 1 aromatic carbocycles. The Bertz CT molecular complexity index is 542. The van der Waals surface area contributed by atoms with E-state index >= 15 is 0 Å². The van der Waals surface area contributed by atoms with Gasteiger partial charge >= 0.3 is 0 Å². The van der Waals surface area contributed by atoms with Crippen molar-refractivity contribution in [3.05, 3.63) is 23.2 Å². The van der Waals surface area contributed by atoms with E-state index in [2.05, 4.69) is 16.0 Å². The van der Waals surface area contributed by atoms with Gasteiger partial charge < -0.3 is 16.0 Å². The maximum atomic E-state index is 12.0. The third-order valence-electron chi connectivity index (χ3n) is 3.80. The summed E-state index contributed by atoms with van der Waals surface area (Å²) >= 11 is 6.08. The maximum absolute atomic E-state index is 12.0. The molecule has 1 fully saturated rings. The number of hydrogen-bond donors (Lipinski definition) is 3. The number of carbonyl (C=O) groups excluding carboxylic acids is 2. The summed E-state index contributed by atoms with van der Waals surface area (Å²) in [6.07, 6.45) is 3.73. The van der Waals surface area contributed by atoms with E-state index in [4.69, 9.17) is 11.6 Å². The Morgan fingerprint density at radius 2 is 2.00 bits per heavy atom. The molecule has 1 aliphatic rings. The van der Waals surface area contributed by atoms with Crippen LogP contribution in [-0.2, 0) is 9.59 Å². The average molecular weight is 324 g/mol. The highest BCUT2D eigenvalue weighted by Gasteiger charge is 2.14. The van der Waals surface area contributed by atoms with Gasteiger partial charge in [-0.05, 0) is 56.5 Å². The Morgan fingerprint density at radius 3 is 2.64 bits per heavy atom. The smallest absolute Gasteiger partial charge is 0.224 e. The second-order valence-corrected chi connectivity index (χ2v) is 6.06. The van der Waals surface area contributed by atoms with E-state index < -0.39 is 0 Å². The van der Waals surface area contributed by atoms with E-state index in [0.717, 1.165) is 32.4 Å². The molecular formula is C16H22ClN3O2. The van der Waals surface area contributed by atoms with Crippen LogP contribution < -0.4 is 16.0 Å². The third-order valence-corrected chi connectivity index (χ3v) is 4.11. The fourth-order valence-corrected chi connectivity index (χ4v) is 2.84. The minimum Gasteiger partial charge on any atom is -0.326 e. The van der Waals surface area contributed by atoms with Crippen LogP contribution in [0.4, 0.5) is 11.4 Å². The first-order chi connectivity index (χ1) is 10.5. The van der Waals surface area contributed by atoms with E-state index in [0.29, 0.717) is 28.7 Å². The van der Waals surface area contributed by atoms with Gasteiger partial charge in [0.25, 0.3) is 0 Å². The fourth-order valence-electron chi connectivity index (χ4n) is 2.61. The molecule has 0 spiro atoms. The molecule has 0 unspecified atom stereocenters. The van der Waals surface area contributed by atoms with Crippen LogP contribution in [0, 0.1) is 5.92 Å². The zero-order valence-corrected chi connectivity index (χ0v) is 13.5. The largest absolute Gasteiger partial charge is 0.326 e. The number of nitrogens with one attached hydrogen (secondary N) is 3. The minimum absolute atomic E-state index is 0.00174. The van der Waals surface area contributed by atoms with Gasteiger partial charge in [-0.1, -0.05) is 11.6 Å². The van der Waals surface area contributed by atoms with Crippen LogP contribution in [0.2, 0.25) is 5.02 Å². The molecule has 0 saturated carbocycles. The van der Waals surface area contributed by atoms with Crippen LogP contribution in [0.5, 0.6) is 0 Å². The average Bonchev–Trinajstić information content (AvgIpc) is 2.49. The molecule has 120 valence electrons. The predicted octanol–water partition coefficient (Wildman–Crippen LogP) is 3.02. The second kappa shape index (κ2) is 8.15. The van der Waals surface area contributed by atoms with E-state index in [1.807, 2.05) is 0 Å². The highest BCUT2D eigenvalue weighted by atomic mass is 35.5. The molecule has 22 heavy (non-hydrogen) atoms. The van der Waals surface area contributed by atoms with Crippen molar-refractivity contribution in [1.29, 1.82) is 0 Å². The molecule has 3 N–H and O–H groups in total. The van der Waals surface area contributed by atoms with Gasteiger partial charge in [0.1, 0.15) is 0 Å². The predicted molar refractivity (Wildman–Crippen MR) is 89.2 cm³/mol. The fraction of sp³-hybridized carbons (Fsp3) is 0.500. The van der Waals surface area contributed by atoms with Crippen LogP contribution in [0.25, 0.3) is 0 Å². The van der Waals surface area contributed by atoms with Crippen molar-refractivity contribution in [1.82, 2.24) is 5.32 Å². The summed E-state index contributed by atoms with van der Waals surface area (Å²) in [5.41, 5.74) is 1.19. The lowest BCUT2D eigenvalue weighted by Crippen LogP contribution is -2.28. The molecule has 2 amide bonds. The Balaban J connectivity index is 1.83. The lowest BCUT2D eigenvalue weighted by molar-refractivity contribution is -0.116. The normalized spacial score (nSPS) is 15.4. The summed E-state index contributed by atoms with van der Waals surface area (Å²) in [7, 11) is 0. The molecule has 0 bridgehead atoms. The van der Waals surface area contributed by atoms with Crippen LogP contribution in [-0.4, -0.2) is 24.9 Å². The number of halogens is 1. The highest BCUT2D eigenvalue weighted by molar-refractivity contribution is 6.34. The van der Waals surface area contributed by atoms with Gasteiger partial charge in [0.2, 0.25) is 11.8 Å². The van der Waals surface area contributed by atoms with Crippen molar-refractivity contribution < 1.29 is 9.59 Å². The van der Waals surface area contributed by atoms with Crippen LogP contribution >= 0.6 is 11.6 Å². The second-order valence-electron chi connectivity index (χ2n) is 5.66. The molecule has 5 nitrogen and oxygen atoms in total. The monoisotopic (exact) mass is 323 g/mol. The molecule has 1 aromatic rings. The summed E-state index contributed by atoms with van der Waals surface area (Å²) in [6.45, 7) is 3.52. The van der Waals surface area contributed by atoms with Crippen LogP contribution in [0.3, 0.4) is 0 Å². The topological polar surface area (TPSA) is 70.2 Å². The van der Waals surface area contributed by atoms with Crippen LogP contribution in [0.1, 0.15) is 32.6 Å². The van der Waals surface area contributed by atoms with Gasteiger partial charge in [0.15, 0.2) is 0 Å². The zero-order chi connectivity index (χ0) is 15.9. The van der Waals surface area contributed by atoms with Gasteiger partial charge in [-0.3, -0.25) is 9.59 Å². The number of hydrogen-bond acceptors (Lipinski definition) is 3. The van der Waals surface area contributed by atoms with Crippen molar-refractivity contribution in [2.45, 2.75) is 32.6 Å². The first-order valence-corrected chi connectivity index (χ1v) is 8.00. The lowest BCUT2D eigenvalue weighted by atomic mass is 9.93. The molecule has 2 rings (SSSR count). The molecule has 0 aromatic heterocycles. The third kappa shape index (κ3) is 5.31. The minimum atomic E-state index is -0.180. The van der Waals surface area contributed by atoms with Gasteiger partial charge in [-0.25, -0.2) is 0 Å². The van der Waals surface area contributed by atoms with Crippen molar-refractivity contribution in [2.24, 2.45) is 5.92 Å². The molecule has 1 saturated heterocycles. The Labute approximate surface area is 135 Å². The summed E-state index contributed by atoms with van der Waals surface area (Å²) in [6, 6.07) is 5.07. The van der Waals surface area contributed by atoms with E-state index in [-0.39, 0.29) is 11.8 Å². The van der Waals surface area contributed by atoms with E-state index in [1.165, 1.54) is 6.92 Å². The number of carbonyl (C=O) groups is 2. The Kier molecular flexibility index (Phi) is 6.21. The quantitative estimate of drug-likeness (QED) is 0.780. The van der Waals surface area contributed by atoms with Crippen LogP contribution in [0.15, 0.2) is 18.2 Å². The molecule has 1 heterocycles. The Hall–Kier alpha value is -1.59. The number of anilines is 2. The molecule has 1 aliphatic heterocycles. The summed E-state index contributed by atoms with van der Waals surface area (Å²) < 4.78 is 0. The lowest BCUT2D eigenvalue weighted by Gasteiger charge is -2.22. The SMILES string of the molecule is CC(=O)Nc1ccc(NC(=O)CCC2CCNCC2)cc1Cl. The number of piperidine rings is 1. The first kappa shape index (κ1) is 16.8. The number of amides is 2. The Morgan fingerprint density at radius 1 is 1.27 bits per heavy atom. The molecule has 0 aliphatic carbocycles. The number of benzene rings is 1. The number of rotatable bonds is 5. The van der Waals surface area contributed by atoms with Gasteiger partial charge in [-0.15, -0.1) is 0 Å². The molecule has 0 radical (unpaired) electrons. The molecule has 0 atom stereocenters. The maximum Gasteiger partial charge on any atom is 0.224 e. The first-order valence-electron chi connectivity index (χ1n) is 7.62. The van der Waals surface area contributed by atoms with Crippen molar-refractivity contribution >= 4 is 34.8 Å². The van der Waals surface area contributed by atoms with E-state index in [1.54, 1.807) is 18.2 Å². The van der Waals surface area contributed by atoms with E-state index in [9.17, 15) is 9.59 Å². The van der Waals surface area contributed by atoms with Crippen molar-refractivity contribution in [3.63, 3.8) is 0 Å². The standard InChI is InChI=1S/C16H22ClN3O2/c1-11(21)19-15-4-3-13(10-14(15)17)20-16(22)5-2-12-6-8-18-9-7-12/h3-4,10,12,18H,2,5-9H2,1H3,(H,19,21)(H,20,22). The van der Waals surface area contributed by atoms with Gasteiger partial charge in [0, 0.05) is 19.0 Å². The van der Waals surface area contributed by atoms with Gasteiger partial charge in [-0.2, -0.15) is 0 Å². The summed E-state index contributed by atoms with van der Waals surface area (Å²) in [5.74, 6) is 0.459. The summed E-state index contributed by atoms with van der Waals surface area (Å²) in [5, 5.41) is 9.21. The highest BCUT2D eigenvalue weighted by Crippen LogP contribution is 2.26. The zero-order valence-electron chi connectivity index (χ0n) is 12.7. The molecule has 6 heteroatoms. The van der Waals surface area contributed by atoms with Crippen molar-refractivity contribution in [3.8, 4) is 0 Å². The van der Waals surface area contributed by atoms with Gasteiger partial charge in [0.05, 0.1) is 10.7 Å². The van der Waals surface area contributed by atoms with Crippen molar-refractivity contribution in [2.75, 3.05) is 23.7 Å².